The number of carbonyl (C=O) groups excluding carboxylic acids is 1. The molecule has 2 N–H and O–H groups in total. The number of hydrogen-bond donors (Lipinski definition) is 2. The van der Waals surface area contributed by atoms with Gasteiger partial charge in [-0.3, -0.25) is 4.79 Å². The summed E-state index contributed by atoms with van der Waals surface area (Å²) in [4.78, 5) is 30.7. The highest BCUT2D eigenvalue weighted by atomic mass is 16.5. The third kappa shape index (κ3) is 3.05. The maximum Gasteiger partial charge on any atom is 0.229 e. The summed E-state index contributed by atoms with van der Waals surface area (Å²) in [6.45, 7) is 1.45. The fourth-order valence-electron chi connectivity index (χ4n) is 3.36. The molecule has 134 valence electrons. The van der Waals surface area contributed by atoms with E-state index < -0.39 is 0 Å². The summed E-state index contributed by atoms with van der Waals surface area (Å²) in [7, 11) is 1.60. The van der Waals surface area contributed by atoms with Crippen LogP contribution >= 0.6 is 0 Å². The zero-order chi connectivity index (χ0) is 17.9. The molecule has 1 aromatic carbocycles. The number of para-hydroxylation sites is 2. The van der Waals surface area contributed by atoms with Gasteiger partial charge in [0.2, 0.25) is 5.91 Å². The van der Waals surface area contributed by atoms with Crippen molar-refractivity contribution in [1.29, 1.82) is 0 Å². The molecule has 0 saturated carbocycles. The Labute approximate surface area is 150 Å². The first kappa shape index (κ1) is 16.3. The number of amides is 1. The van der Waals surface area contributed by atoms with Crippen molar-refractivity contribution in [2.75, 3.05) is 30.4 Å². The number of rotatable bonds is 4. The Balaban J connectivity index is 1.51. The Morgan fingerprint density at radius 3 is 3.08 bits per heavy atom. The fraction of sp³-hybridized carbons (Fsp3) is 0.333. The Kier molecular flexibility index (Phi) is 4.39. The van der Waals surface area contributed by atoms with Gasteiger partial charge >= 0.3 is 0 Å². The predicted molar refractivity (Wildman–Crippen MR) is 98.2 cm³/mol. The first-order chi connectivity index (χ1) is 12.8. The summed E-state index contributed by atoms with van der Waals surface area (Å²) < 4.78 is 5.31. The van der Waals surface area contributed by atoms with E-state index in [0.717, 1.165) is 30.7 Å². The van der Waals surface area contributed by atoms with Gasteiger partial charge in [-0.05, 0) is 25.0 Å². The zero-order valence-corrected chi connectivity index (χ0v) is 14.5. The van der Waals surface area contributed by atoms with E-state index >= 15 is 0 Å². The molecule has 8 nitrogen and oxygen atoms in total. The Bertz CT molecular complexity index is 925. The van der Waals surface area contributed by atoms with Crippen LogP contribution < -0.4 is 15.0 Å². The third-order valence-corrected chi connectivity index (χ3v) is 4.66. The molecule has 0 radical (unpaired) electrons. The third-order valence-electron chi connectivity index (χ3n) is 4.66. The molecule has 0 unspecified atom stereocenters. The van der Waals surface area contributed by atoms with Gasteiger partial charge in [-0.2, -0.15) is 0 Å². The molecule has 26 heavy (non-hydrogen) atoms. The number of carbonyl (C=O) groups is 1. The van der Waals surface area contributed by atoms with Crippen LogP contribution in [0.4, 0.5) is 11.5 Å². The molecule has 8 heteroatoms. The average molecular weight is 352 g/mol. The number of fused-ring (bicyclic) bond motifs is 1. The van der Waals surface area contributed by atoms with Crippen molar-refractivity contribution in [3.8, 4) is 5.75 Å². The van der Waals surface area contributed by atoms with E-state index in [4.69, 9.17) is 4.74 Å². The molecule has 1 saturated heterocycles. The van der Waals surface area contributed by atoms with Crippen LogP contribution in [0.15, 0.2) is 36.9 Å². The van der Waals surface area contributed by atoms with Gasteiger partial charge in [0, 0.05) is 13.1 Å². The highest BCUT2D eigenvalue weighted by Crippen LogP contribution is 2.28. The molecular formula is C18H20N6O2. The van der Waals surface area contributed by atoms with Gasteiger partial charge in [0.1, 0.15) is 17.6 Å². The van der Waals surface area contributed by atoms with E-state index in [2.05, 4.69) is 30.2 Å². The second-order valence-electron chi connectivity index (χ2n) is 6.27. The van der Waals surface area contributed by atoms with Gasteiger partial charge in [-0.1, -0.05) is 12.1 Å². The number of ether oxygens (including phenoxy) is 1. The molecule has 1 aliphatic heterocycles. The number of imidazole rings is 1. The minimum Gasteiger partial charge on any atom is -0.495 e. The largest absolute Gasteiger partial charge is 0.495 e. The number of nitrogens with one attached hydrogen (secondary N) is 2. The second kappa shape index (κ2) is 6.99. The fourth-order valence-corrected chi connectivity index (χ4v) is 3.36. The predicted octanol–water partition coefficient (Wildman–Crippen LogP) is 2.22. The van der Waals surface area contributed by atoms with E-state index in [1.165, 1.54) is 6.33 Å². The first-order valence-electron chi connectivity index (χ1n) is 8.59. The van der Waals surface area contributed by atoms with Crippen molar-refractivity contribution in [2.24, 2.45) is 5.92 Å². The minimum absolute atomic E-state index is 0.00545. The van der Waals surface area contributed by atoms with Crippen LogP contribution in [0, 0.1) is 5.92 Å². The summed E-state index contributed by atoms with van der Waals surface area (Å²) in [5.74, 6) is 1.32. The lowest BCUT2D eigenvalue weighted by molar-refractivity contribution is -0.120. The van der Waals surface area contributed by atoms with E-state index in [1.807, 2.05) is 24.3 Å². The monoisotopic (exact) mass is 352 g/mol. The van der Waals surface area contributed by atoms with Crippen molar-refractivity contribution in [3.05, 3.63) is 36.9 Å². The van der Waals surface area contributed by atoms with Gasteiger partial charge in [0.25, 0.3) is 0 Å². The van der Waals surface area contributed by atoms with Gasteiger partial charge in [0.15, 0.2) is 11.5 Å². The molecule has 4 rings (SSSR count). The summed E-state index contributed by atoms with van der Waals surface area (Å²) in [6, 6.07) is 7.43. The van der Waals surface area contributed by atoms with Crippen molar-refractivity contribution in [3.63, 3.8) is 0 Å². The Hall–Kier alpha value is -3.16. The Morgan fingerprint density at radius 1 is 1.31 bits per heavy atom. The van der Waals surface area contributed by atoms with Crippen LogP contribution in [0.1, 0.15) is 12.8 Å². The smallest absolute Gasteiger partial charge is 0.229 e. The van der Waals surface area contributed by atoms with Crippen LogP contribution in [0.3, 0.4) is 0 Å². The van der Waals surface area contributed by atoms with Crippen molar-refractivity contribution < 1.29 is 9.53 Å². The summed E-state index contributed by atoms with van der Waals surface area (Å²) in [6.07, 6.45) is 4.88. The number of H-pyrrole nitrogens is 1. The number of methoxy groups -OCH3 is 1. The second-order valence-corrected chi connectivity index (χ2v) is 6.27. The van der Waals surface area contributed by atoms with Gasteiger partial charge < -0.3 is 19.9 Å². The highest BCUT2D eigenvalue weighted by molar-refractivity contribution is 5.94. The molecule has 0 aliphatic carbocycles. The van der Waals surface area contributed by atoms with Crippen molar-refractivity contribution in [2.45, 2.75) is 12.8 Å². The van der Waals surface area contributed by atoms with Crippen molar-refractivity contribution >= 4 is 28.6 Å². The summed E-state index contributed by atoms with van der Waals surface area (Å²) in [5.41, 5.74) is 2.13. The average Bonchev–Trinajstić information content (AvgIpc) is 3.17. The number of benzene rings is 1. The summed E-state index contributed by atoms with van der Waals surface area (Å²) in [5, 5.41) is 2.99. The van der Waals surface area contributed by atoms with Crippen LogP contribution in [0.25, 0.3) is 11.2 Å². The Morgan fingerprint density at radius 2 is 2.19 bits per heavy atom. The normalized spacial score (nSPS) is 17.3. The molecule has 3 aromatic rings. The van der Waals surface area contributed by atoms with Gasteiger partial charge in [-0.15, -0.1) is 0 Å². The molecule has 0 spiro atoms. The zero-order valence-electron chi connectivity index (χ0n) is 14.5. The number of aromatic amines is 1. The van der Waals surface area contributed by atoms with E-state index in [-0.39, 0.29) is 11.8 Å². The lowest BCUT2D eigenvalue weighted by Crippen LogP contribution is -2.41. The molecule has 1 fully saturated rings. The molecule has 1 aliphatic rings. The van der Waals surface area contributed by atoms with Crippen LogP contribution in [-0.4, -0.2) is 46.0 Å². The topological polar surface area (TPSA) is 96.0 Å². The van der Waals surface area contributed by atoms with Crippen LogP contribution in [0.5, 0.6) is 5.75 Å². The molecular weight excluding hydrogens is 332 g/mol. The van der Waals surface area contributed by atoms with Crippen LogP contribution in [0.2, 0.25) is 0 Å². The molecule has 1 amide bonds. The number of hydrogen-bond acceptors (Lipinski definition) is 6. The van der Waals surface area contributed by atoms with Gasteiger partial charge in [0.05, 0.1) is 25.0 Å². The molecule has 0 bridgehead atoms. The van der Waals surface area contributed by atoms with E-state index in [1.54, 1.807) is 13.4 Å². The maximum absolute atomic E-state index is 12.8. The summed E-state index contributed by atoms with van der Waals surface area (Å²) >= 11 is 0. The highest BCUT2D eigenvalue weighted by Gasteiger charge is 2.28. The quantitative estimate of drug-likeness (QED) is 0.747. The lowest BCUT2D eigenvalue weighted by atomic mass is 9.97. The first-order valence-corrected chi connectivity index (χ1v) is 8.59. The molecule has 3 heterocycles. The number of aromatic nitrogens is 4. The standard InChI is InChI=1S/C18H20N6O2/c1-26-14-7-3-2-6-13(14)23-18(25)12-5-4-8-24(9-12)17-15-16(20-10-19-15)21-11-22-17/h2-3,6-7,10-12H,4-5,8-9H2,1H3,(H,23,25)(H,19,20,21,22)/t12-/m0/s1. The van der Waals surface area contributed by atoms with Crippen LogP contribution in [-0.2, 0) is 4.79 Å². The van der Waals surface area contributed by atoms with E-state index in [9.17, 15) is 4.79 Å². The molecule has 1 atom stereocenters. The van der Waals surface area contributed by atoms with Crippen molar-refractivity contribution in [1.82, 2.24) is 19.9 Å². The number of anilines is 2. The number of nitrogens with zero attached hydrogens (tertiary/aromatic N) is 4. The SMILES string of the molecule is COc1ccccc1NC(=O)[C@H]1CCCN(c2ncnc3nc[nH]c23)C1. The van der Waals surface area contributed by atoms with Gasteiger partial charge in [-0.25, -0.2) is 15.0 Å². The maximum atomic E-state index is 12.8. The number of piperidine rings is 1. The minimum atomic E-state index is -0.124. The van der Waals surface area contributed by atoms with E-state index in [0.29, 0.717) is 23.6 Å². The molecule has 2 aromatic heterocycles. The lowest BCUT2D eigenvalue weighted by Gasteiger charge is -2.33.